The number of carbonyl (C=O) groups excluding carboxylic acids is 2. The van der Waals surface area contributed by atoms with Crippen molar-refractivity contribution in [3.05, 3.63) is 17.8 Å². The Morgan fingerprint density at radius 3 is 2.80 bits per heavy atom. The van der Waals surface area contributed by atoms with Crippen molar-refractivity contribution in [2.75, 3.05) is 31.3 Å². The minimum atomic E-state index is -0.667. The molecule has 0 fully saturated rings. The van der Waals surface area contributed by atoms with Gasteiger partial charge in [-0.3, -0.25) is 9.59 Å². The van der Waals surface area contributed by atoms with E-state index in [-0.39, 0.29) is 17.3 Å². The van der Waals surface area contributed by atoms with Gasteiger partial charge in [0.05, 0.1) is 24.1 Å². The SMILES string of the molecule is COCCNC(=O)C(C)Nc1ncc(N)cc1C(N)=O. The maximum Gasteiger partial charge on any atom is 0.252 e. The predicted molar refractivity (Wildman–Crippen MR) is 75.1 cm³/mol. The highest BCUT2D eigenvalue weighted by atomic mass is 16.5. The number of rotatable bonds is 7. The molecule has 0 aliphatic rings. The third-order valence-corrected chi connectivity index (χ3v) is 2.53. The van der Waals surface area contributed by atoms with Gasteiger partial charge >= 0.3 is 0 Å². The number of ether oxygens (including phenoxy) is 1. The zero-order chi connectivity index (χ0) is 15.1. The van der Waals surface area contributed by atoms with E-state index >= 15 is 0 Å². The van der Waals surface area contributed by atoms with Crippen molar-refractivity contribution >= 4 is 23.3 Å². The molecule has 1 heterocycles. The van der Waals surface area contributed by atoms with Crippen LogP contribution in [0.5, 0.6) is 0 Å². The fraction of sp³-hybridized carbons (Fsp3) is 0.417. The highest BCUT2D eigenvalue weighted by Crippen LogP contribution is 2.15. The lowest BCUT2D eigenvalue weighted by Gasteiger charge is -2.16. The number of nitrogens with one attached hydrogen (secondary N) is 2. The molecule has 8 nitrogen and oxygen atoms in total. The molecule has 0 aliphatic heterocycles. The number of carbonyl (C=O) groups is 2. The van der Waals surface area contributed by atoms with Gasteiger partial charge in [0.15, 0.2) is 0 Å². The van der Waals surface area contributed by atoms with Gasteiger partial charge in [-0.1, -0.05) is 0 Å². The number of nitrogens with zero attached hydrogens (tertiary/aromatic N) is 1. The van der Waals surface area contributed by atoms with E-state index in [0.717, 1.165) is 0 Å². The summed E-state index contributed by atoms with van der Waals surface area (Å²) in [6, 6.07) is 0.828. The van der Waals surface area contributed by atoms with Crippen LogP contribution in [0.2, 0.25) is 0 Å². The molecular weight excluding hydrogens is 262 g/mol. The number of anilines is 2. The van der Waals surface area contributed by atoms with Crippen molar-refractivity contribution in [3.63, 3.8) is 0 Å². The molecule has 0 aliphatic carbocycles. The molecule has 0 radical (unpaired) electrons. The zero-order valence-electron chi connectivity index (χ0n) is 11.5. The molecule has 20 heavy (non-hydrogen) atoms. The Hall–Kier alpha value is -2.35. The van der Waals surface area contributed by atoms with Gasteiger partial charge in [-0.25, -0.2) is 4.98 Å². The highest BCUT2D eigenvalue weighted by molar-refractivity contribution is 5.99. The first kappa shape index (κ1) is 15.7. The maximum absolute atomic E-state index is 11.8. The van der Waals surface area contributed by atoms with Crippen LogP contribution >= 0.6 is 0 Å². The number of pyridine rings is 1. The smallest absolute Gasteiger partial charge is 0.252 e. The van der Waals surface area contributed by atoms with Gasteiger partial charge in [-0.05, 0) is 13.0 Å². The number of hydrogen-bond donors (Lipinski definition) is 4. The molecule has 110 valence electrons. The van der Waals surface area contributed by atoms with Crippen molar-refractivity contribution in [2.24, 2.45) is 5.73 Å². The number of amides is 2. The van der Waals surface area contributed by atoms with E-state index in [2.05, 4.69) is 15.6 Å². The molecule has 0 spiro atoms. The fourth-order valence-electron chi connectivity index (χ4n) is 1.48. The molecule has 8 heteroatoms. The molecule has 1 rings (SSSR count). The van der Waals surface area contributed by atoms with Crippen LogP contribution in [0.4, 0.5) is 11.5 Å². The highest BCUT2D eigenvalue weighted by Gasteiger charge is 2.16. The molecule has 0 saturated carbocycles. The first-order valence-corrected chi connectivity index (χ1v) is 6.04. The van der Waals surface area contributed by atoms with Crippen molar-refractivity contribution in [3.8, 4) is 0 Å². The van der Waals surface area contributed by atoms with E-state index in [1.165, 1.54) is 12.3 Å². The largest absolute Gasteiger partial charge is 0.397 e. The third-order valence-electron chi connectivity index (χ3n) is 2.53. The van der Waals surface area contributed by atoms with Crippen LogP contribution < -0.4 is 22.1 Å². The van der Waals surface area contributed by atoms with Crippen molar-refractivity contribution < 1.29 is 14.3 Å². The molecule has 1 atom stereocenters. The average molecular weight is 281 g/mol. The summed E-state index contributed by atoms with van der Waals surface area (Å²) in [6.07, 6.45) is 1.38. The van der Waals surface area contributed by atoms with E-state index in [9.17, 15) is 9.59 Å². The Kier molecular flexibility index (Phi) is 5.73. The van der Waals surface area contributed by atoms with E-state index < -0.39 is 11.9 Å². The first-order valence-electron chi connectivity index (χ1n) is 6.04. The summed E-state index contributed by atoms with van der Waals surface area (Å²) in [4.78, 5) is 27.1. The molecule has 1 unspecified atom stereocenters. The van der Waals surface area contributed by atoms with E-state index in [0.29, 0.717) is 18.8 Å². The van der Waals surface area contributed by atoms with Crippen LogP contribution in [-0.4, -0.2) is 43.1 Å². The number of hydrogen-bond acceptors (Lipinski definition) is 6. The van der Waals surface area contributed by atoms with Crippen LogP contribution in [0.1, 0.15) is 17.3 Å². The second-order valence-corrected chi connectivity index (χ2v) is 4.18. The lowest BCUT2D eigenvalue weighted by Crippen LogP contribution is -2.39. The van der Waals surface area contributed by atoms with Crippen LogP contribution in [0.15, 0.2) is 12.3 Å². The van der Waals surface area contributed by atoms with Crippen LogP contribution in [0.3, 0.4) is 0 Å². The zero-order valence-corrected chi connectivity index (χ0v) is 11.5. The Bertz CT molecular complexity index is 492. The Morgan fingerprint density at radius 1 is 1.50 bits per heavy atom. The Balaban J connectivity index is 2.72. The quantitative estimate of drug-likeness (QED) is 0.490. The monoisotopic (exact) mass is 281 g/mol. The van der Waals surface area contributed by atoms with Crippen molar-refractivity contribution in [1.29, 1.82) is 0 Å². The van der Waals surface area contributed by atoms with E-state index in [1.807, 2.05) is 0 Å². The van der Waals surface area contributed by atoms with Gasteiger partial charge in [0.2, 0.25) is 5.91 Å². The molecule has 6 N–H and O–H groups in total. The summed E-state index contributed by atoms with van der Waals surface area (Å²) in [5.41, 5.74) is 11.2. The minimum absolute atomic E-state index is 0.140. The number of nitrogens with two attached hydrogens (primary N) is 2. The van der Waals surface area contributed by atoms with E-state index in [4.69, 9.17) is 16.2 Å². The molecule has 0 bridgehead atoms. The lowest BCUT2D eigenvalue weighted by atomic mass is 10.2. The normalized spacial score (nSPS) is 11.7. The van der Waals surface area contributed by atoms with Gasteiger partial charge in [0.1, 0.15) is 11.9 Å². The predicted octanol–water partition coefficient (Wildman–Crippen LogP) is -0.674. The number of nitrogen functional groups attached to an aromatic ring is 1. The molecule has 1 aromatic heterocycles. The van der Waals surface area contributed by atoms with Crippen LogP contribution in [-0.2, 0) is 9.53 Å². The number of methoxy groups -OCH3 is 1. The van der Waals surface area contributed by atoms with E-state index in [1.54, 1.807) is 14.0 Å². The second kappa shape index (κ2) is 7.29. The summed E-state index contributed by atoms with van der Waals surface area (Å²) in [5, 5.41) is 5.49. The van der Waals surface area contributed by atoms with Gasteiger partial charge < -0.3 is 26.8 Å². The molecular formula is C12H19N5O3. The van der Waals surface area contributed by atoms with Gasteiger partial charge in [0.25, 0.3) is 5.91 Å². The Morgan fingerprint density at radius 2 is 2.20 bits per heavy atom. The summed E-state index contributed by atoms with van der Waals surface area (Å²) in [6.45, 7) is 2.47. The minimum Gasteiger partial charge on any atom is -0.397 e. The van der Waals surface area contributed by atoms with Crippen molar-refractivity contribution in [2.45, 2.75) is 13.0 Å². The van der Waals surface area contributed by atoms with Gasteiger partial charge in [0, 0.05) is 13.7 Å². The number of primary amides is 1. The topological polar surface area (TPSA) is 132 Å². The lowest BCUT2D eigenvalue weighted by molar-refractivity contribution is -0.121. The molecule has 0 saturated heterocycles. The van der Waals surface area contributed by atoms with Crippen LogP contribution in [0.25, 0.3) is 0 Å². The molecule has 0 aromatic carbocycles. The third kappa shape index (κ3) is 4.39. The summed E-state index contributed by atoms with van der Waals surface area (Å²) >= 11 is 0. The first-order chi connectivity index (χ1) is 9.45. The summed E-state index contributed by atoms with van der Waals surface area (Å²) < 4.78 is 4.83. The molecule has 2 amide bonds. The standard InChI is InChI=1S/C12H19N5O3/c1-7(12(19)15-3-4-20-2)17-11-9(10(14)18)5-8(13)6-16-11/h5-7H,3-4,13H2,1-2H3,(H2,14,18)(H,15,19)(H,16,17). The van der Waals surface area contributed by atoms with Crippen LogP contribution in [0, 0.1) is 0 Å². The second-order valence-electron chi connectivity index (χ2n) is 4.18. The maximum atomic E-state index is 11.8. The van der Waals surface area contributed by atoms with Gasteiger partial charge in [-0.2, -0.15) is 0 Å². The summed E-state index contributed by atoms with van der Waals surface area (Å²) in [7, 11) is 1.55. The van der Waals surface area contributed by atoms with Crippen molar-refractivity contribution in [1.82, 2.24) is 10.3 Å². The molecule has 1 aromatic rings. The Labute approximate surface area is 116 Å². The average Bonchev–Trinajstić information content (AvgIpc) is 2.40. The van der Waals surface area contributed by atoms with Gasteiger partial charge in [-0.15, -0.1) is 0 Å². The number of aromatic nitrogens is 1. The summed E-state index contributed by atoms with van der Waals surface area (Å²) in [5.74, 6) is -0.684. The fourth-order valence-corrected chi connectivity index (χ4v) is 1.48.